The summed E-state index contributed by atoms with van der Waals surface area (Å²) in [5.74, 6) is -3.09. The van der Waals surface area contributed by atoms with E-state index < -0.39 is 23.4 Å². The molecule has 0 fully saturated rings. The molecule has 3 rings (SSSR count). The molecule has 0 saturated heterocycles. The molecule has 1 heterocycles. The van der Waals surface area contributed by atoms with Gasteiger partial charge >= 0.3 is 0 Å². The number of furan rings is 1. The number of nitrogens with one attached hydrogen (secondary N) is 3. The summed E-state index contributed by atoms with van der Waals surface area (Å²) < 4.78 is 31.4. The lowest BCUT2D eigenvalue weighted by Crippen LogP contribution is -2.28. The van der Waals surface area contributed by atoms with Crippen LogP contribution in [0.15, 0.2) is 65.3 Å². The fraction of sp³-hybridized carbons (Fsp3) is 0.0952. The molecule has 3 aromatic rings. The van der Waals surface area contributed by atoms with E-state index in [1.165, 1.54) is 12.3 Å². The number of hydrogen-bond donors (Lipinski definition) is 3. The van der Waals surface area contributed by atoms with Crippen molar-refractivity contribution in [1.82, 2.24) is 5.32 Å². The van der Waals surface area contributed by atoms with E-state index in [1.54, 1.807) is 30.3 Å². The molecule has 0 unspecified atom stereocenters. The maximum Gasteiger partial charge on any atom is 0.291 e. The molecule has 154 valence electrons. The van der Waals surface area contributed by atoms with Crippen molar-refractivity contribution in [2.24, 2.45) is 0 Å². The zero-order valence-electron chi connectivity index (χ0n) is 15.6. The molecular formula is C21H17F2N3O4. The Labute approximate surface area is 170 Å². The molecule has 1 aromatic heterocycles. The van der Waals surface area contributed by atoms with E-state index in [1.807, 2.05) is 0 Å². The van der Waals surface area contributed by atoms with E-state index in [0.717, 1.165) is 12.1 Å². The first-order valence-corrected chi connectivity index (χ1v) is 8.90. The van der Waals surface area contributed by atoms with Gasteiger partial charge in [0.25, 0.3) is 11.8 Å². The molecule has 30 heavy (non-hydrogen) atoms. The molecule has 0 aliphatic rings. The normalized spacial score (nSPS) is 10.3. The van der Waals surface area contributed by atoms with Gasteiger partial charge in [-0.2, -0.15) is 0 Å². The molecule has 0 aliphatic heterocycles. The number of anilines is 2. The molecule has 2 aromatic carbocycles. The summed E-state index contributed by atoms with van der Waals surface area (Å²) in [5.41, 5.74) is 0.707. The Bertz CT molecular complexity index is 1050. The second-order valence-electron chi connectivity index (χ2n) is 6.19. The lowest BCUT2D eigenvalue weighted by Gasteiger charge is -2.08. The number of benzene rings is 2. The Kier molecular flexibility index (Phi) is 6.53. The van der Waals surface area contributed by atoms with Gasteiger partial charge in [0.1, 0.15) is 11.6 Å². The van der Waals surface area contributed by atoms with Gasteiger partial charge in [-0.3, -0.25) is 14.4 Å². The third kappa shape index (κ3) is 5.51. The largest absolute Gasteiger partial charge is 0.459 e. The van der Waals surface area contributed by atoms with E-state index in [9.17, 15) is 23.2 Å². The number of carbonyl (C=O) groups is 3. The minimum atomic E-state index is -0.976. The predicted octanol–water partition coefficient (Wildman–Crippen LogP) is 3.57. The highest BCUT2D eigenvalue weighted by atomic mass is 19.1. The van der Waals surface area contributed by atoms with Crippen LogP contribution >= 0.6 is 0 Å². The van der Waals surface area contributed by atoms with E-state index in [0.29, 0.717) is 17.4 Å². The van der Waals surface area contributed by atoms with Crippen molar-refractivity contribution in [3.8, 4) is 0 Å². The van der Waals surface area contributed by atoms with Crippen LogP contribution in [0, 0.1) is 11.6 Å². The van der Waals surface area contributed by atoms with Gasteiger partial charge in [-0.1, -0.05) is 0 Å². The monoisotopic (exact) mass is 413 g/mol. The number of amides is 3. The Morgan fingerprint density at radius 1 is 0.867 bits per heavy atom. The molecule has 3 amide bonds. The van der Waals surface area contributed by atoms with Gasteiger partial charge in [-0.25, -0.2) is 8.78 Å². The van der Waals surface area contributed by atoms with Crippen LogP contribution in [0.3, 0.4) is 0 Å². The quantitative estimate of drug-likeness (QED) is 0.551. The third-order valence-electron chi connectivity index (χ3n) is 3.98. The summed E-state index contributed by atoms with van der Waals surface area (Å²) in [7, 11) is 0. The summed E-state index contributed by atoms with van der Waals surface area (Å²) in [6, 6.07) is 12.2. The number of halogens is 2. The minimum absolute atomic E-state index is 0.0290. The molecular weight excluding hydrogens is 396 g/mol. The molecule has 0 radical (unpaired) electrons. The molecule has 0 atom stereocenters. The van der Waals surface area contributed by atoms with Crippen LogP contribution in [0.25, 0.3) is 0 Å². The fourth-order valence-corrected chi connectivity index (χ4v) is 2.52. The van der Waals surface area contributed by atoms with Gasteiger partial charge in [-0.15, -0.1) is 0 Å². The molecule has 3 N–H and O–H groups in total. The van der Waals surface area contributed by atoms with Crippen LogP contribution in [0.2, 0.25) is 0 Å². The molecule has 0 aliphatic carbocycles. The highest BCUT2D eigenvalue weighted by Crippen LogP contribution is 2.15. The zero-order chi connectivity index (χ0) is 21.5. The van der Waals surface area contributed by atoms with Crippen molar-refractivity contribution < 1.29 is 27.6 Å². The minimum Gasteiger partial charge on any atom is -0.459 e. The van der Waals surface area contributed by atoms with E-state index in [-0.39, 0.29) is 30.2 Å². The molecule has 0 saturated carbocycles. The van der Waals surface area contributed by atoms with Crippen molar-refractivity contribution in [3.05, 3.63) is 83.8 Å². The first kappa shape index (κ1) is 20.7. The van der Waals surface area contributed by atoms with Gasteiger partial charge in [0.05, 0.1) is 11.8 Å². The zero-order valence-corrected chi connectivity index (χ0v) is 15.6. The maximum atomic E-state index is 13.6. The second-order valence-corrected chi connectivity index (χ2v) is 6.19. The maximum absolute atomic E-state index is 13.6. The molecule has 9 heteroatoms. The lowest BCUT2D eigenvalue weighted by molar-refractivity contribution is -0.116. The van der Waals surface area contributed by atoms with Crippen molar-refractivity contribution in [1.29, 1.82) is 0 Å². The fourth-order valence-electron chi connectivity index (χ4n) is 2.52. The van der Waals surface area contributed by atoms with Crippen molar-refractivity contribution in [2.45, 2.75) is 6.42 Å². The topological polar surface area (TPSA) is 100 Å². The van der Waals surface area contributed by atoms with Gasteiger partial charge in [0.2, 0.25) is 5.91 Å². The van der Waals surface area contributed by atoms with Crippen LogP contribution in [-0.4, -0.2) is 24.3 Å². The van der Waals surface area contributed by atoms with Gasteiger partial charge in [-0.05, 0) is 48.5 Å². The summed E-state index contributed by atoms with van der Waals surface area (Å²) in [6.45, 7) is -0.0290. The molecule has 7 nitrogen and oxygen atoms in total. The van der Waals surface area contributed by atoms with Crippen LogP contribution < -0.4 is 16.0 Å². The highest BCUT2D eigenvalue weighted by Gasteiger charge is 2.13. The molecule has 0 bridgehead atoms. The molecule has 0 spiro atoms. The van der Waals surface area contributed by atoms with E-state index >= 15 is 0 Å². The summed E-state index contributed by atoms with van der Waals surface area (Å²) in [6.07, 6.45) is 1.34. The highest BCUT2D eigenvalue weighted by molar-refractivity contribution is 6.02. The standard InChI is InChI=1S/C21H17F2N3O4/c22-13-3-8-16(17(23)12-13)20(28)24-10-9-19(27)25-14-4-6-15(7-5-14)26-21(29)18-2-1-11-30-18/h1-8,11-12H,9-10H2,(H,24,28)(H,25,27)(H,26,29). The smallest absolute Gasteiger partial charge is 0.291 e. The van der Waals surface area contributed by atoms with Crippen molar-refractivity contribution in [3.63, 3.8) is 0 Å². The van der Waals surface area contributed by atoms with Gasteiger partial charge < -0.3 is 20.4 Å². The number of rotatable bonds is 7. The second kappa shape index (κ2) is 9.46. The Hall–Kier alpha value is -4.01. The van der Waals surface area contributed by atoms with E-state index in [2.05, 4.69) is 16.0 Å². The van der Waals surface area contributed by atoms with Crippen molar-refractivity contribution in [2.75, 3.05) is 17.2 Å². The predicted molar refractivity (Wildman–Crippen MR) is 105 cm³/mol. The number of hydrogen-bond acceptors (Lipinski definition) is 4. The summed E-state index contributed by atoms with van der Waals surface area (Å²) in [4.78, 5) is 35.8. The average molecular weight is 413 g/mol. The lowest BCUT2D eigenvalue weighted by atomic mass is 10.2. The Balaban J connectivity index is 1.44. The van der Waals surface area contributed by atoms with E-state index in [4.69, 9.17) is 4.42 Å². The Morgan fingerprint density at radius 3 is 2.20 bits per heavy atom. The Morgan fingerprint density at radius 2 is 1.57 bits per heavy atom. The third-order valence-corrected chi connectivity index (χ3v) is 3.98. The van der Waals surface area contributed by atoms with Crippen LogP contribution in [-0.2, 0) is 4.79 Å². The van der Waals surface area contributed by atoms with Gasteiger partial charge in [0.15, 0.2) is 5.76 Å². The van der Waals surface area contributed by atoms with Crippen LogP contribution in [0.1, 0.15) is 27.3 Å². The first-order valence-electron chi connectivity index (χ1n) is 8.90. The average Bonchev–Trinajstić information content (AvgIpc) is 3.24. The SMILES string of the molecule is O=C(CCNC(=O)c1ccc(F)cc1F)Nc1ccc(NC(=O)c2ccco2)cc1. The summed E-state index contributed by atoms with van der Waals surface area (Å²) >= 11 is 0. The summed E-state index contributed by atoms with van der Waals surface area (Å²) in [5, 5.41) is 7.69. The first-order chi connectivity index (χ1) is 14.4. The van der Waals surface area contributed by atoms with Crippen molar-refractivity contribution >= 4 is 29.1 Å². The van der Waals surface area contributed by atoms with Crippen LogP contribution in [0.4, 0.5) is 20.2 Å². The number of carbonyl (C=O) groups excluding carboxylic acids is 3. The van der Waals surface area contributed by atoms with Crippen LogP contribution in [0.5, 0.6) is 0 Å². The van der Waals surface area contributed by atoms with Gasteiger partial charge in [0, 0.05) is 30.4 Å².